The number of anilines is 1. The number of hydrogen-bond acceptors (Lipinski definition) is 6. The Kier molecular flexibility index (Phi) is 4.57. The highest BCUT2D eigenvalue weighted by molar-refractivity contribution is 7.89. The summed E-state index contributed by atoms with van der Waals surface area (Å²) < 4.78 is 21.5. The predicted octanol–water partition coefficient (Wildman–Crippen LogP) is 0.498. The van der Waals surface area contributed by atoms with Gasteiger partial charge in [0.1, 0.15) is 5.69 Å². The lowest BCUT2D eigenvalue weighted by atomic mass is 10.1. The van der Waals surface area contributed by atoms with Crippen LogP contribution >= 0.6 is 0 Å². The van der Waals surface area contributed by atoms with E-state index < -0.39 is 14.9 Å². The lowest BCUT2D eigenvalue weighted by Gasteiger charge is -2.07. The van der Waals surface area contributed by atoms with E-state index in [1.165, 1.54) is 19.1 Å². The zero-order valence-corrected chi connectivity index (χ0v) is 10.9. The van der Waals surface area contributed by atoms with Gasteiger partial charge in [0.25, 0.3) is 5.69 Å². The number of nitro groups is 1. The van der Waals surface area contributed by atoms with Crippen LogP contribution in [-0.4, -0.2) is 31.4 Å². The lowest BCUT2D eigenvalue weighted by molar-refractivity contribution is -0.384. The molecule has 0 heterocycles. The lowest BCUT2D eigenvalue weighted by Crippen LogP contribution is -2.22. The number of nitrogens with zero attached hydrogens (tertiary/aromatic N) is 1. The molecule has 9 heteroatoms. The number of rotatable bonds is 6. The average Bonchev–Trinajstić information content (AvgIpc) is 2.27. The van der Waals surface area contributed by atoms with Crippen LogP contribution in [0.4, 0.5) is 11.4 Å². The van der Waals surface area contributed by atoms with E-state index in [0.29, 0.717) is 0 Å². The van der Waals surface area contributed by atoms with Crippen LogP contribution in [0.1, 0.15) is 17.3 Å². The first-order valence-electron chi connectivity index (χ1n) is 5.24. The highest BCUT2D eigenvalue weighted by Gasteiger charge is 2.16. The SMILES string of the molecule is CC(=O)c1ccc(NCCS(N)(=O)=O)c([N+](=O)[O-])c1. The molecule has 0 unspecified atom stereocenters. The Bertz CT molecular complexity index is 612. The molecule has 1 aromatic rings. The van der Waals surface area contributed by atoms with Gasteiger partial charge in [0.2, 0.25) is 10.0 Å². The Labute approximate surface area is 109 Å². The number of benzene rings is 1. The molecule has 0 atom stereocenters. The number of hydrogen-bond donors (Lipinski definition) is 2. The Morgan fingerprint density at radius 1 is 1.47 bits per heavy atom. The van der Waals surface area contributed by atoms with Crippen molar-refractivity contribution in [2.75, 3.05) is 17.6 Å². The highest BCUT2D eigenvalue weighted by atomic mass is 32.2. The number of primary sulfonamides is 1. The summed E-state index contributed by atoms with van der Waals surface area (Å²) in [5.74, 6) is -0.641. The summed E-state index contributed by atoms with van der Waals surface area (Å²) in [4.78, 5) is 21.4. The van der Waals surface area contributed by atoms with Crippen LogP contribution in [0.25, 0.3) is 0 Å². The quantitative estimate of drug-likeness (QED) is 0.444. The number of carbonyl (C=O) groups excluding carboxylic acids is 1. The molecule has 0 spiro atoms. The molecule has 104 valence electrons. The summed E-state index contributed by atoms with van der Waals surface area (Å²) in [6.45, 7) is 1.24. The first kappa shape index (κ1) is 15.1. The molecule has 0 aromatic heterocycles. The van der Waals surface area contributed by atoms with Crippen molar-refractivity contribution in [2.24, 2.45) is 5.14 Å². The van der Waals surface area contributed by atoms with Gasteiger partial charge in [0.15, 0.2) is 5.78 Å². The van der Waals surface area contributed by atoms with E-state index in [2.05, 4.69) is 5.32 Å². The molecule has 0 bridgehead atoms. The normalized spacial score (nSPS) is 11.1. The van der Waals surface area contributed by atoms with Crippen LogP contribution in [0.2, 0.25) is 0 Å². The number of carbonyl (C=O) groups is 1. The number of sulfonamides is 1. The molecule has 0 saturated carbocycles. The summed E-state index contributed by atoms with van der Waals surface area (Å²) >= 11 is 0. The van der Waals surface area contributed by atoms with Crippen molar-refractivity contribution < 1.29 is 18.1 Å². The number of ketones is 1. The molecule has 8 nitrogen and oxygen atoms in total. The van der Waals surface area contributed by atoms with Crippen molar-refractivity contribution in [1.29, 1.82) is 0 Å². The van der Waals surface area contributed by atoms with E-state index in [1.54, 1.807) is 0 Å². The van der Waals surface area contributed by atoms with Gasteiger partial charge in [-0.2, -0.15) is 0 Å². The van der Waals surface area contributed by atoms with Crippen molar-refractivity contribution in [1.82, 2.24) is 0 Å². The highest BCUT2D eigenvalue weighted by Crippen LogP contribution is 2.25. The zero-order valence-electron chi connectivity index (χ0n) is 10.1. The third-order valence-corrected chi connectivity index (χ3v) is 3.08. The van der Waals surface area contributed by atoms with Gasteiger partial charge in [-0.25, -0.2) is 13.6 Å². The molecule has 0 aliphatic rings. The van der Waals surface area contributed by atoms with Crippen molar-refractivity contribution in [2.45, 2.75) is 6.92 Å². The maximum absolute atomic E-state index is 11.1. The molecule has 3 N–H and O–H groups in total. The van der Waals surface area contributed by atoms with Crippen LogP contribution < -0.4 is 10.5 Å². The van der Waals surface area contributed by atoms with Gasteiger partial charge in [-0.15, -0.1) is 0 Å². The number of nitrogens with two attached hydrogens (primary N) is 1. The molecular weight excluding hydrogens is 274 g/mol. The van der Waals surface area contributed by atoms with E-state index in [-0.39, 0.29) is 35.0 Å². The van der Waals surface area contributed by atoms with E-state index in [0.717, 1.165) is 6.07 Å². The summed E-state index contributed by atoms with van der Waals surface area (Å²) in [6.07, 6.45) is 0. The van der Waals surface area contributed by atoms with Crippen LogP contribution in [0.15, 0.2) is 18.2 Å². The van der Waals surface area contributed by atoms with Crippen LogP contribution in [0.3, 0.4) is 0 Å². The van der Waals surface area contributed by atoms with Gasteiger partial charge in [0.05, 0.1) is 10.7 Å². The Balaban J connectivity index is 2.94. The second-order valence-electron chi connectivity index (χ2n) is 3.84. The topological polar surface area (TPSA) is 132 Å². The number of nitrogens with one attached hydrogen (secondary N) is 1. The first-order valence-corrected chi connectivity index (χ1v) is 6.96. The molecule has 0 saturated heterocycles. The largest absolute Gasteiger partial charge is 0.378 e. The van der Waals surface area contributed by atoms with Crippen LogP contribution in [0, 0.1) is 10.1 Å². The molecule has 0 amide bonds. The Hall–Kier alpha value is -2.00. The monoisotopic (exact) mass is 287 g/mol. The standard InChI is InChI=1S/C10H13N3O5S/c1-7(14)8-2-3-9(10(6-8)13(15)16)12-4-5-19(11,17)18/h2-3,6,12H,4-5H2,1H3,(H2,11,17,18). The molecule has 0 aliphatic carbocycles. The van der Waals surface area contributed by atoms with E-state index in [4.69, 9.17) is 5.14 Å². The number of Topliss-reactive ketones (excluding diaryl/α,β-unsaturated/α-hetero) is 1. The average molecular weight is 287 g/mol. The van der Waals surface area contributed by atoms with Crippen LogP contribution in [0.5, 0.6) is 0 Å². The van der Waals surface area contributed by atoms with E-state index in [9.17, 15) is 23.3 Å². The maximum Gasteiger partial charge on any atom is 0.293 e. The van der Waals surface area contributed by atoms with Crippen molar-refractivity contribution >= 4 is 27.2 Å². The predicted molar refractivity (Wildman–Crippen MR) is 69.6 cm³/mol. The minimum absolute atomic E-state index is 0.0565. The Morgan fingerprint density at radius 3 is 2.58 bits per heavy atom. The summed E-state index contributed by atoms with van der Waals surface area (Å²) in [5, 5.41) is 18.3. The molecule has 0 aliphatic heterocycles. The molecule has 19 heavy (non-hydrogen) atoms. The van der Waals surface area contributed by atoms with Gasteiger partial charge in [-0.3, -0.25) is 14.9 Å². The summed E-state index contributed by atoms with van der Waals surface area (Å²) in [5.41, 5.74) is 0.0597. The van der Waals surface area contributed by atoms with Crippen molar-refractivity contribution in [3.05, 3.63) is 33.9 Å². The van der Waals surface area contributed by atoms with Gasteiger partial charge >= 0.3 is 0 Å². The fourth-order valence-corrected chi connectivity index (χ4v) is 1.77. The van der Waals surface area contributed by atoms with Crippen LogP contribution in [-0.2, 0) is 10.0 Å². The fraction of sp³-hybridized carbons (Fsp3) is 0.300. The van der Waals surface area contributed by atoms with Gasteiger partial charge in [0, 0.05) is 18.2 Å². The van der Waals surface area contributed by atoms with Gasteiger partial charge in [-0.1, -0.05) is 0 Å². The fourth-order valence-electron chi connectivity index (χ4n) is 1.38. The minimum Gasteiger partial charge on any atom is -0.378 e. The van der Waals surface area contributed by atoms with E-state index >= 15 is 0 Å². The van der Waals surface area contributed by atoms with Crippen molar-refractivity contribution in [3.63, 3.8) is 0 Å². The summed E-state index contributed by atoms with van der Waals surface area (Å²) in [7, 11) is -3.64. The molecule has 1 rings (SSSR count). The van der Waals surface area contributed by atoms with Gasteiger partial charge in [-0.05, 0) is 19.1 Å². The molecule has 1 aromatic carbocycles. The third kappa shape index (κ3) is 4.64. The third-order valence-electron chi connectivity index (χ3n) is 2.30. The zero-order chi connectivity index (χ0) is 14.6. The Morgan fingerprint density at radius 2 is 2.11 bits per heavy atom. The van der Waals surface area contributed by atoms with Gasteiger partial charge < -0.3 is 5.32 Å². The molecular formula is C10H13N3O5S. The second-order valence-corrected chi connectivity index (χ2v) is 5.57. The van der Waals surface area contributed by atoms with Crippen molar-refractivity contribution in [3.8, 4) is 0 Å². The molecule has 0 radical (unpaired) electrons. The maximum atomic E-state index is 11.1. The second kappa shape index (κ2) is 5.76. The molecule has 0 fully saturated rings. The minimum atomic E-state index is -3.64. The number of nitro benzene ring substituents is 1. The summed E-state index contributed by atoms with van der Waals surface area (Å²) in [6, 6.07) is 3.92. The smallest absolute Gasteiger partial charge is 0.293 e. The first-order chi connectivity index (χ1) is 8.70. The van der Waals surface area contributed by atoms with E-state index in [1.807, 2.05) is 0 Å².